The number of pyridine rings is 1. The molecule has 48 valence electrons. The molecule has 9 heavy (non-hydrogen) atoms. The van der Waals surface area contributed by atoms with Crippen molar-refractivity contribution in [3.05, 3.63) is 30.1 Å². The molecule has 0 aliphatic heterocycles. The molecule has 3 heteroatoms. The van der Waals surface area contributed by atoms with Gasteiger partial charge in [0, 0.05) is 6.20 Å². The predicted octanol–water partition coefficient (Wildman–Crippen LogP) is 1.44. The third-order valence-corrected chi connectivity index (χ3v) is 1.07. The molecule has 0 saturated carbocycles. The monoisotopic (exact) mass is 141 g/mol. The van der Waals surface area contributed by atoms with Crippen molar-refractivity contribution in [2.24, 2.45) is 0 Å². The molecule has 0 bridgehead atoms. The smallest absolute Gasteiger partial charge is 0.103 e. The van der Waals surface area contributed by atoms with Crippen LogP contribution in [-0.4, -0.2) is 4.98 Å². The molecule has 1 aromatic rings. The molecule has 0 fully saturated rings. The largest absolute Gasteiger partial charge is 0.312 e. The summed E-state index contributed by atoms with van der Waals surface area (Å²) in [5.74, 6) is 0. The number of hydrogen-bond acceptors (Lipinski definition) is 3. The van der Waals surface area contributed by atoms with Crippen LogP contribution in [0.25, 0.3) is 0 Å². The minimum absolute atomic E-state index is 0.462. The highest BCUT2D eigenvalue weighted by molar-refractivity contribution is 7.75. The van der Waals surface area contributed by atoms with E-state index in [1.54, 1.807) is 6.20 Å². The zero-order chi connectivity index (χ0) is 6.53. The summed E-state index contributed by atoms with van der Waals surface area (Å²) in [4.78, 5) is 3.99. The van der Waals surface area contributed by atoms with Crippen LogP contribution >= 0.6 is 12.9 Å². The first-order valence-electron chi connectivity index (χ1n) is 2.60. The minimum Gasteiger partial charge on any atom is -0.312 e. The number of aromatic nitrogens is 1. The fourth-order valence-electron chi connectivity index (χ4n) is 0.550. The Labute approximate surface area is 59.5 Å². The highest BCUT2D eigenvalue weighted by Crippen LogP contribution is 1.95. The van der Waals surface area contributed by atoms with Gasteiger partial charge in [-0.2, -0.15) is 0 Å². The highest BCUT2D eigenvalue weighted by Gasteiger charge is 1.87. The summed E-state index contributed by atoms with van der Waals surface area (Å²) in [5, 5.41) is 0. The van der Waals surface area contributed by atoms with Gasteiger partial charge >= 0.3 is 0 Å². The maximum absolute atomic E-state index is 4.56. The van der Waals surface area contributed by atoms with E-state index in [0.29, 0.717) is 6.61 Å². The normalized spacial score (nSPS) is 9.44. The van der Waals surface area contributed by atoms with Crippen molar-refractivity contribution >= 4 is 12.9 Å². The van der Waals surface area contributed by atoms with E-state index < -0.39 is 0 Å². The van der Waals surface area contributed by atoms with Gasteiger partial charge in [-0.25, -0.2) is 0 Å². The summed E-state index contributed by atoms with van der Waals surface area (Å²) in [6.07, 6.45) is 1.72. The zero-order valence-electron chi connectivity index (χ0n) is 4.82. The third kappa shape index (κ3) is 2.03. The molecule has 0 aromatic carbocycles. The maximum atomic E-state index is 4.56. The van der Waals surface area contributed by atoms with Crippen LogP contribution in [0.2, 0.25) is 0 Å². The minimum atomic E-state index is 0.462. The fraction of sp³-hybridized carbons (Fsp3) is 0.167. The maximum Gasteiger partial charge on any atom is 0.103 e. The summed E-state index contributed by atoms with van der Waals surface area (Å²) in [5.41, 5.74) is 0.896. The van der Waals surface area contributed by atoms with Crippen molar-refractivity contribution < 1.29 is 4.18 Å². The molecule has 2 nitrogen and oxygen atoms in total. The fourth-order valence-corrected chi connectivity index (χ4v) is 0.682. The van der Waals surface area contributed by atoms with Gasteiger partial charge in [0.2, 0.25) is 0 Å². The summed E-state index contributed by atoms with van der Waals surface area (Å²) < 4.78 is 4.56. The summed E-state index contributed by atoms with van der Waals surface area (Å²) >= 11 is 3.59. The lowest BCUT2D eigenvalue weighted by atomic mass is 10.4. The van der Waals surface area contributed by atoms with Crippen molar-refractivity contribution in [3.8, 4) is 0 Å². The number of hydrogen-bond donors (Lipinski definition) is 1. The molecular formula is C6H7NOS. The second-order valence-corrected chi connectivity index (χ2v) is 1.85. The first-order valence-corrected chi connectivity index (χ1v) is 2.96. The van der Waals surface area contributed by atoms with Gasteiger partial charge in [-0.1, -0.05) is 6.07 Å². The molecule has 1 heterocycles. The van der Waals surface area contributed by atoms with Crippen LogP contribution in [0.4, 0.5) is 0 Å². The van der Waals surface area contributed by atoms with Crippen molar-refractivity contribution in [1.82, 2.24) is 4.98 Å². The van der Waals surface area contributed by atoms with Gasteiger partial charge < -0.3 is 4.18 Å². The Kier molecular flexibility index (Phi) is 2.54. The first kappa shape index (κ1) is 6.58. The van der Waals surface area contributed by atoms with E-state index in [1.807, 2.05) is 18.2 Å². The van der Waals surface area contributed by atoms with Crippen LogP contribution in [-0.2, 0) is 10.8 Å². The summed E-state index contributed by atoms with van der Waals surface area (Å²) in [6, 6.07) is 5.66. The van der Waals surface area contributed by atoms with E-state index in [0.717, 1.165) is 5.69 Å². The molecule has 0 amide bonds. The van der Waals surface area contributed by atoms with Gasteiger partial charge in [0.05, 0.1) is 5.69 Å². The van der Waals surface area contributed by atoms with Crippen LogP contribution in [0, 0.1) is 0 Å². The quantitative estimate of drug-likeness (QED) is 0.497. The predicted molar refractivity (Wildman–Crippen MR) is 38.0 cm³/mol. The van der Waals surface area contributed by atoms with Crippen molar-refractivity contribution in [2.45, 2.75) is 6.61 Å². The lowest BCUT2D eigenvalue weighted by molar-refractivity contribution is 0.365. The van der Waals surface area contributed by atoms with E-state index in [2.05, 4.69) is 22.1 Å². The Bertz CT molecular complexity index is 166. The van der Waals surface area contributed by atoms with E-state index in [-0.39, 0.29) is 0 Å². The second-order valence-electron chi connectivity index (χ2n) is 1.59. The molecule has 0 saturated heterocycles. The SMILES string of the molecule is SOCc1ccccn1. The molecule has 0 aliphatic carbocycles. The van der Waals surface area contributed by atoms with E-state index in [4.69, 9.17) is 0 Å². The number of rotatable bonds is 2. The molecule has 0 atom stereocenters. The molecule has 1 rings (SSSR count). The Morgan fingerprint density at radius 1 is 1.56 bits per heavy atom. The Morgan fingerprint density at radius 2 is 2.44 bits per heavy atom. The highest BCUT2D eigenvalue weighted by atomic mass is 32.1. The molecule has 0 aliphatic rings. The number of thiol groups is 1. The average molecular weight is 141 g/mol. The van der Waals surface area contributed by atoms with Crippen LogP contribution in [0.15, 0.2) is 24.4 Å². The molecule has 1 aromatic heterocycles. The Morgan fingerprint density at radius 3 is 3.00 bits per heavy atom. The van der Waals surface area contributed by atoms with Crippen LogP contribution in [0.3, 0.4) is 0 Å². The molecule has 0 spiro atoms. The lowest BCUT2D eigenvalue weighted by Crippen LogP contribution is -1.86. The van der Waals surface area contributed by atoms with E-state index in [9.17, 15) is 0 Å². The van der Waals surface area contributed by atoms with Crippen LogP contribution in [0.1, 0.15) is 5.69 Å². The Hall–Kier alpha value is -0.540. The molecule has 0 N–H and O–H groups in total. The summed E-state index contributed by atoms with van der Waals surface area (Å²) in [6.45, 7) is 0.462. The molecule has 0 radical (unpaired) electrons. The van der Waals surface area contributed by atoms with Gasteiger partial charge in [-0.3, -0.25) is 4.98 Å². The topological polar surface area (TPSA) is 22.1 Å². The van der Waals surface area contributed by atoms with Crippen molar-refractivity contribution in [1.29, 1.82) is 0 Å². The van der Waals surface area contributed by atoms with Gasteiger partial charge in [0.15, 0.2) is 0 Å². The molecular weight excluding hydrogens is 134 g/mol. The van der Waals surface area contributed by atoms with E-state index in [1.165, 1.54) is 0 Å². The van der Waals surface area contributed by atoms with Gasteiger partial charge in [-0.05, 0) is 25.0 Å². The van der Waals surface area contributed by atoms with Crippen LogP contribution in [0.5, 0.6) is 0 Å². The zero-order valence-corrected chi connectivity index (χ0v) is 5.71. The standard InChI is InChI=1S/C6H7NOS/c9-8-5-6-3-1-2-4-7-6/h1-4,9H,5H2. The Balaban J connectivity index is 2.61. The molecule has 0 unspecified atom stereocenters. The average Bonchev–Trinajstić information content (AvgIpc) is 1.91. The van der Waals surface area contributed by atoms with Crippen LogP contribution < -0.4 is 0 Å². The first-order chi connectivity index (χ1) is 4.43. The van der Waals surface area contributed by atoms with Crippen molar-refractivity contribution in [3.63, 3.8) is 0 Å². The van der Waals surface area contributed by atoms with Gasteiger partial charge in [0.1, 0.15) is 6.61 Å². The second kappa shape index (κ2) is 3.48. The number of nitrogens with zero attached hydrogens (tertiary/aromatic N) is 1. The van der Waals surface area contributed by atoms with Crippen molar-refractivity contribution in [2.75, 3.05) is 0 Å². The van der Waals surface area contributed by atoms with Gasteiger partial charge in [0.25, 0.3) is 0 Å². The van der Waals surface area contributed by atoms with E-state index >= 15 is 0 Å². The van der Waals surface area contributed by atoms with Gasteiger partial charge in [-0.15, -0.1) is 0 Å². The summed E-state index contributed by atoms with van der Waals surface area (Å²) in [7, 11) is 0. The third-order valence-electron chi connectivity index (χ3n) is 0.939. The lowest BCUT2D eigenvalue weighted by Gasteiger charge is -1.93.